The van der Waals surface area contributed by atoms with Crippen LogP contribution in [-0.2, 0) is 0 Å². The summed E-state index contributed by atoms with van der Waals surface area (Å²) in [5, 5.41) is 8.70. The molecule has 0 aliphatic carbocycles. The number of aromatic amines is 1. The number of halogens is 2. The van der Waals surface area contributed by atoms with Gasteiger partial charge in [0.05, 0.1) is 5.39 Å². The van der Waals surface area contributed by atoms with Crippen molar-refractivity contribution < 1.29 is 18.7 Å². The first kappa shape index (κ1) is 13.9. The predicted octanol–water partition coefficient (Wildman–Crippen LogP) is 2.57. The molecule has 0 unspecified atom stereocenters. The van der Waals surface area contributed by atoms with Gasteiger partial charge in [-0.2, -0.15) is 0 Å². The first-order chi connectivity index (χ1) is 10.5. The molecule has 7 heteroatoms. The van der Waals surface area contributed by atoms with E-state index in [2.05, 4.69) is 9.97 Å². The average Bonchev–Trinajstić information content (AvgIpc) is 2.47. The molecule has 0 fully saturated rings. The first-order valence-electron chi connectivity index (χ1n) is 6.18. The van der Waals surface area contributed by atoms with Crippen molar-refractivity contribution in [3.05, 3.63) is 63.9 Å². The predicted molar refractivity (Wildman–Crippen MR) is 74.7 cm³/mol. The number of hydrogen-bond donors (Lipinski definition) is 2. The highest BCUT2D eigenvalue weighted by Gasteiger charge is 2.16. The van der Waals surface area contributed by atoms with Crippen molar-refractivity contribution >= 4 is 17.0 Å². The summed E-state index contributed by atoms with van der Waals surface area (Å²) in [6.45, 7) is 0. The third-order valence-electron chi connectivity index (χ3n) is 3.15. The Morgan fingerprint density at radius 2 is 2.00 bits per heavy atom. The Morgan fingerprint density at radius 1 is 1.23 bits per heavy atom. The summed E-state index contributed by atoms with van der Waals surface area (Å²) >= 11 is 0. The lowest BCUT2D eigenvalue weighted by Gasteiger charge is -2.06. The van der Waals surface area contributed by atoms with E-state index in [1.54, 1.807) is 0 Å². The van der Waals surface area contributed by atoms with Crippen molar-refractivity contribution in [3.63, 3.8) is 0 Å². The van der Waals surface area contributed by atoms with Crippen LogP contribution in [0.5, 0.6) is 0 Å². The van der Waals surface area contributed by atoms with E-state index in [1.807, 2.05) is 0 Å². The smallest absolute Gasteiger partial charge is 0.341 e. The molecule has 5 nitrogen and oxygen atoms in total. The zero-order valence-electron chi connectivity index (χ0n) is 10.9. The molecule has 0 spiro atoms. The number of carbonyl (C=O) groups is 1. The summed E-state index contributed by atoms with van der Waals surface area (Å²) in [6, 6.07) is 6.11. The zero-order chi connectivity index (χ0) is 15.9. The molecular weight excluding hydrogens is 294 g/mol. The second-order valence-electron chi connectivity index (χ2n) is 4.56. The number of benzene rings is 1. The van der Waals surface area contributed by atoms with Gasteiger partial charge in [-0.15, -0.1) is 0 Å². The van der Waals surface area contributed by atoms with Gasteiger partial charge in [-0.05, 0) is 18.2 Å². The highest BCUT2D eigenvalue weighted by molar-refractivity contribution is 5.91. The molecule has 2 aromatic heterocycles. The van der Waals surface area contributed by atoms with Crippen molar-refractivity contribution in [2.24, 2.45) is 0 Å². The maximum absolute atomic E-state index is 14.2. The number of carboxylic acid groups (broad SMARTS) is 1. The molecule has 22 heavy (non-hydrogen) atoms. The minimum absolute atomic E-state index is 0.0238. The Balaban J connectivity index is 2.28. The third kappa shape index (κ3) is 2.22. The van der Waals surface area contributed by atoms with E-state index in [1.165, 1.54) is 18.2 Å². The average molecular weight is 302 g/mol. The molecule has 3 aromatic rings. The normalized spacial score (nSPS) is 10.8. The molecule has 3 rings (SSSR count). The topological polar surface area (TPSA) is 83.0 Å². The van der Waals surface area contributed by atoms with E-state index in [0.29, 0.717) is 0 Å². The lowest BCUT2D eigenvalue weighted by Crippen LogP contribution is -2.16. The molecule has 0 bridgehead atoms. The van der Waals surface area contributed by atoms with Gasteiger partial charge in [-0.1, -0.05) is 12.1 Å². The number of carboxylic acids is 1. The van der Waals surface area contributed by atoms with Gasteiger partial charge in [0.25, 0.3) is 0 Å². The molecule has 110 valence electrons. The lowest BCUT2D eigenvalue weighted by atomic mass is 10.1. The standard InChI is InChI=1S/C15H8F2N2O3/c16-8-3-1-2-7(4-8)12-11(17)5-9-13(20)10(15(21)22)6-18-14(9)19-12/h1-6H,(H,21,22)(H,18,19,20). The third-order valence-corrected chi connectivity index (χ3v) is 3.15. The molecule has 0 saturated heterocycles. The van der Waals surface area contributed by atoms with Crippen molar-refractivity contribution in [2.75, 3.05) is 0 Å². The first-order valence-corrected chi connectivity index (χ1v) is 6.18. The molecule has 0 aliphatic rings. The van der Waals surface area contributed by atoms with E-state index in [0.717, 1.165) is 18.3 Å². The van der Waals surface area contributed by atoms with E-state index in [-0.39, 0.29) is 22.3 Å². The Morgan fingerprint density at radius 3 is 2.68 bits per heavy atom. The van der Waals surface area contributed by atoms with Gasteiger partial charge < -0.3 is 10.1 Å². The lowest BCUT2D eigenvalue weighted by molar-refractivity contribution is 0.0695. The number of aromatic carboxylic acids is 1. The maximum Gasteiger partial charge on any atom is 0.341 e. The van der Waals surface area contributed by atoms with Gasteiger partial charge in [-0.25, -0.2) is 18.6 Å². The monoisotopic (exact) mass is 302 g/mol. The number of aromatic nitrogens is 2. The second-order valence-corrected chi connectivity index (χ2v) is 4.56. The molecule has 0 saturated carbocycles. The van der Waals surface area contributed by atoms with Crippen LogP contribution in [0.2, 0.25) is 0 Å². The zero-order valence-corrected chi connectivity index (χ0v) is 10.9. The van der Waals surface area contributed by atoms with Crippen LogP contribution in [0.15, 0.2) is 41.3 Å². The maximum atomic E-state index is 14.2. The van der Waals surface area contributed by atoms with Gasteiger partial charge in [0.15, 0.2) is 0 Å². The fourth-order valence-corrected chi connectivity index (χ4v) is 2.12. The fourth-order valence-electron chi connectivity index (χ4n) is 2.12. The van der Waals surface area contributed by atoms with E-state index < -0.39 is 28.6 Å². The number of H-pyrrole nitrogens is 1. The highest BCUT2D eigenvalue weighted by Crippen LogP contribution is 2.23. The quantitative estimate of drug-likeness (QED) is 0.762. The van der Waals surface area contributed by atoms with E-state index >= 15 is 0 Å². The summed E-state index contributed by atoms with van der Waals surface area (Å²) in [5.41, 5.74) is -1.24. The minimum atomic E-state index is -1.42. The van der Waals surface area contributed by atoms with Crippen molar-refractivity contribution in [1.82, 2.24) is 9.97 Å². The van der Waals surface area contributed by atoms with Crippen molar-refractivity contribution in [1.29, 1.82) is 0 Å². The molecule has 0 radical (unpaired) electrons. The van der Waals surface area contributed by atoms with Crippen LogP contribution >= 0.6 is 0 Å². The number of nitrogens with one attached hydrogen (secondary N) is 1. The summed E-state index contributed by atoms with van der Waals surface area (Å²) in [6.07, 6.45) is 0.993. The molecule has 1 aromatic carbocycles. The number of pyridine rings is 2. The summed E-state index contributed by atoms with van der Waals surface area (Å²) in [4.78, 5) is 29.4. The molecular formula is C15H8F2N2O3. The van der Waals surface area contributed by atoms with E-state index in [4.69, 9.17) is 5.11 Å². The van der Waals surface area contributed by atoms with Crippen LogP contribution in [0.25, 0.3) is 22.3 Å². The number of nitrogens with zero attached hydrogens (tertiary/aromatic N) is 1. The van der Waals surface area contributed by atoms with Gasteiger partial charge >= 0.3 is 5.97 Å². The molecule has 2 N–H and O–H groups in total. The fraction of sp³-hybridized carbons (Fsp3) is 0. The van der Waals surface area contributed by atoms with Crippen LogP contribution in [0.3, 0.4) is 0 Å². The number of hydrogen-bond acceptors (Lipinski definition) is 3. The van der Waals surface area contributed by atoms with Crippen molar-refractivity contribution in [3.8, 4) is 11.3 Å². The van der Waals surface area contributed by atoms with Crippen LogP contribution in [0.1, 0.15) is 10.4 Å². The Kier molecular flexibility index (Phi) is 3.17. The second kappa shape index (κ2) is 5.03. The van der Waals surface area contributed by atoms with Gasteiger partial charge in [0.2, 0.25) is 5.43 Å². The van der Waals surface area contributed by atoms with Crippen LogP contribution in [0, 0.1) is 11.6 Å². The largest absolute Gasteiger partial charge is 0.477 e. The van der Waals surface area contributed by atoms with Crippen LogP contribution in [0.4, 0.5) is 8.78 Å². The SMILES string of the molecule is O=C(O)c1c[nH]c2nc(-c3cccc(F)c3)c(F)cc2c1=O. The Bertz CT molecular complexity index is 967. The van der Waals surface area contributed by atoms with Gasteiger partial charge in [0.1, 0.15) is 28.5 Å². The molecule has 0 aliphatic heterocycles. The van der Waals surface area contributed by atoms with E-state index in [9.17, 15) is 18.4 Å². The molecule has 0 amide bonds. The number of fused-ring (bicyclic) bond motifs is 1. The molecule has 2 heterocycles. The van der Waals surface area contributed by atoms with Gasteiger partial charge in [0, 0.05) is 11.8 Å². The van der Waals surface area contributed by atoms with Crippen molar-refractivity contribution in [2.45, 2.75) is 0 Å². The number of rotatable bonds is 2. The Labute approximate surface area is 121 Å². The summed E-state index contributed by atoms with van der Waals surface area (Å²) < 4.78 is 27.4. The summed E-state index contributed by atoms with van der Waals surface area (Å²) in [7, 11) is 0. The highest BCUT2D eigenvalue weighted by atomic mass is 19.1. The van der Waals surface area contributed by atoms with Crippen LogP contribution < -0.4 is 5.43 Å². The Hall–Kier alpha value is -3.09. The van der Waals surface area contributed by atoms with Gasteiger partial charge in [-0.3, -0.25) is 4.79 Å². The minimum Gasteiger partial charge on any atom is -0.477 e. The van der Waals surface area contributed by atoms with Crippen LogP contribution in [-0.4, -0.2) is 21.0 Å². The summed E-state index contributed by atoms with van der Waals surface area (Å²) in [5.74, 6) is -2.81. The molecule has 0 atom stereocenters.